The van der Waals surface area contributed by atoms with E-state index in [1.165, 1.54) is 4.90 Å². The molecular formula is C7H13NO3. The normalized spacial score (nSPS) is 23.5. The molecule has 1 N–H and O–H groups in total. The molecule has 1 heterocycles. The van der Waals surface area contributed by atoms with Gasteiger partial charge in [-0.2, -0.15) is 0 Å². The highest BCUT2D eigenvalue weighted by Crippen LogP contribution is 2.12. The fourth-order valence-electron chi connectivity index (χ4n) is 1.17. The maximum absolute atomic E-state index is 10.4. The first-order chi connectivity index (χ1) is 5.20. The summed E-state index contributed by atoms with van der Waals surface area (Å²) in [6, 6.07) is 0. The number of carbonyl (C=O) groups is 1. The molecule has 0 aliphatic carbocycles. The van der Waals surface area contributed by atoms with Gasteiger partial charge < -0.3 is 14.7 Å². The first-order valence-corrected chi connectivity index (χ1v) is 3.76. The van der Waals surface area contributed by atoms with Crippen molar-refractivity contribution in [3.8, 4) is 0 Å². The maximum Gasteiger partial charge on any atom is 0.407 e. The summed E-state index contributed by atoms with van der Waals surface area (Å²) in [6.07, 6.45) is 1.27. The van der Waals surface area contributed by atoms with Crippen molar-refractivity contribution in [1.82, 2.24) is 4.90 Å². The van der Waals surface area contributed by atoms with Crippen molar-refractivity contribution in [1.29, 1.82) is 0 Å². The molecule has 64 valence electrons. The summed E-state index contributed by atoms with van der Waals surface area (Å²) < 4.78 is 5.27. The van der Waals surface area contributed by atoms with Gasteiger partial charge in [0.2, 0.25) is 0 Å². The second-order valence-corrected chi connectivity index (χ2v) is 2.80. The highest BCUT2D eigenvalue weighted by molar-refractivity contribution is 5.64. The number of likely N-dealkylation sites (N-methyl/N-ethyl adjacent to an activating group) is 1. The smallest absolute Gasteiger partial charge is 0.407 e. The molecule has 1 amide bonds. The lowest BCUT2D eigenvalue weighted by atomic mass is 10.2. The van der Waals surface area contributed by atoms with Crippen LogP contribution < -0.4 is 0 Å². The molecule has 1 unspecified atom stereocenters. The van der Waals surface area contributed by atoms with Crippen molar-refractivity contribution in [3.05, 3.63) is 0 Å². The Balaban J connectivity index is 2.23. The van der Waals surface area contributed by atoms with Crippen molar-refractivity contribution in [2.75, 3.05) is 20.2 Å². The van der Waals surface area contributed by atoms with Crippen LogP contribution in [-0.4, -0.2) is 42.4 Å². The Bertz CT molecular complexity index is 143. The van der Waals surface area contributed by atoms with Crippen molar-refractivity contribution < 1.29 is 14.6 Å². The molecule has 0 aromatic carbocycles. The molecule has 0 radical (unpaired) electrons. The average molecular weight is 159 g/mol. The summed E-state index contributed by atoms with van der Waals surface area (Å²) in [4.78, 5) is 11.6. The predicted molar refractivity (Wildman–Crippen MR) is 39.6 cm³/mol. The van der Waals surface area contributed by atoms with E-state index in [4.69, 9.17) is 9.84 Å². The zero-order valence-corrected chi connectivity index (χ0v) is 6.62. The summed E-state index contributed by atoms with van der Waals surface area (Å²) in [6.45, 7) is 1.27. The highest BCUT2D eigenvalue weighted by atomic mass is 16.5. The molecule has 0 aromatic heterocycles. The lowest BCUT2D eigenvalue weighted by molar-refractivity contribution is 0.0771. The van der Waals surface area contributed by atoms with Gasteiger partial charge >= 0.3 is 6.09 Å². The Hall–Kier alpha value is -0.770. The molecule has 0 saturated carbocycles. The molecule has 0 spiro atoms. The van der Waals surface area contributed by atoms with Crippen LogP contribution >= 0.6 is 0 Å². The Morgan fingerprint density at radius 1 is 1.82 bits per heavy atom. The van der Waals surface area contributed by atoms with Crippen LogP contribution in [-0.2, 0) is 4.74 Å². The van der Waals surface area contributed by atoms with Gasteiger partial charge in [0.15, 0.2) is 0 Å². The quantitative estimate of drug-likeness (QED) is 0.647. The summed E-state index contributed by atoms with van der Waals surface area (Å²) in [5, 5.41) is 8.51. The van der Waals surface area contributed by atoms with Gasteiger partial charge in [0, 0.05) is 20.2 Å². The number of carboxylic acid groups (broad SMARTS) is 1. The van der Waals surface area contributed by atoms with Crippen molar-refractivity contribution >= 4 is 6.09 Å². The van der Waals surface area contributed by atoms with E-state index >= 15 is 0 Å². The van der Waals surface area contributed by atoms with E-state index in [0.29, 0.717) is 6.54 Å². The van der Waals surface area contributed by atoms with E-state index in [9.17, 15) is 4.79 Å². The number of rotatable bonds is 2. The minimum atomic E-state index is -0.888. The molecule has 1 saturated heterocycles. The molecule has 0 aromatic rings. The Labute approximate surface area is 65.8 Å². The van der Waals surface area contributed by atoms with Crippen molar-refractivity contribution in [3.63, 3.8) is 0 Å². The zero-order chi connectivity index (χ0) is 8.27. The van der Waals surface area contributed by atoms with Crippen LogP contribution in [0.5, 0.6) is 0 Å². The molecule has 11 heavy (non-hydrogen) atoms. The molecular weight excluding hydrogens is 146 g/mol. The standard InChI is InChI=1S/C7H13NO3/c1-8(7(9)10)5-6-3-2-4-11-6/h6H,2-5H2,1H3,(H,9,10). The van der Waals surface area contributed by atoms with Crippen LogP contribution in [0.4, 0.5) is 4.79 Å². The van der Waals surface area contributed by atoms with E-state index in [1.54, 1.807) is 7.05 Å². The van der Waals surface area contributed by atoms with Gasteiger partial charge in [-0.15, -0.1) is 0 Å². The second-order valence-electron chi connectivity index (χ2n) is 2.80. The lowest BCUT2D eigenvalue weighted by Gasteiger charge is -2.16. The lowest BCUT2D eigenvalue weighted by Crippen LogP contribution is -2.32. The molecule has 4 heteroatoms. The molecule has 4 nitrogen and oxygen atoms in total. The number of amides is 1. The number of hydrogen-bond donors (Lipinski definition) is 1. The maximum atomic E-state index is 10.4. The zero-order valence-electron chi connectivity index (χ0n) is 6.62. The van der Waals surface area contributed by atoms with E-state index in [0.717, 1.165) is 19.4 Å². The van der Waals surface area contributed by atoms with Crippen LogP contribution in [0.2, 0.25) is 0 Å². The van der Waals surface area contributed by atoms with Crippen LogP contribution in [0, 0.1) is 0 Å². The van der Waals surface area contributed by atoms with Crippen LogP contribution in [0.15, 0.2) is 0 Å². The Morgan fingerprint density at radius 2 is 2.55 bits per heavy atom. The third-order valence-corrected chi connectivity index (χ3v) is 1.83. The molecule has 1 fully saturated rings. The minimum absolute atomic E-state index is 0.121. The SMILES string of the molecule is CN(CC1CCCO1)C(=O)O. The third-order valence-electron chi connectivity index (χ3n) is 1.83. The van der Waals surface area contributed by atoms with Gasteiger partial charge in [-0.25, -0.2) is 4.79 Å². The molecule has 0 bridgehead atoms. The van der Waals surface area contributed by atoms with Gasteiger partial charge in [-0.1, -0.05) is 0 Å². The Kier molecular flexibility index (Phi) is 2.70. The fraction of sp³-hybridized carbons (Fsp3) is 0.857. The summed E-state index contributed by atoms with van der Waals surface area (Å²) in [5.74, 6) is 0. The van der Waals surface area contributed by atoms with Gasteiger partial charge in [-0.3, -0.25) is 0 Å². The van der Waals surface area contributed by atoms with Crippen molar-refractivity contribution in [2.24, 2.45) is 0 Å². The van der Waals surface area contributed by atoms with E-state index < -0.39 is 6.09 Å². The average Bonchev–Trinajstić information content (AvgIpc) is 2.39. The number of hydrogen-bond acceptors (Lipinski definition) is 2. The largest absolute Gasteiger partial charge is 0.465 e. The van der Waals surface area contributed by atoms with Crippen LogP contribution in [0.25, 0.3) is 0 Å². The van der Waals surface area contributed by atoms with Crippen LogP contribution in [0.3, 0.4) is 0 Å². The number of ether oxygens (including phenoxy) is 1. The molecule has 1 aliphatic rings. The predicted octanol–water partition coefficient (Wildman–Crippen LogP) is 0.775. The monoisotopic (exact) mass is 159 g/mol. The van der Waals surface area contributed by atoms with Gasteiger partial charge in [0.05, 0.1) is 6.10 Å². The van der Waals surface area contributed by atoms with Gasteiger partial charge in [0.25, 0.3) is 0 Å². The second kappa shape index (κ2) is 3.57. The van der Waals surface area contributed by atoms with Crippen LogP contribution in [0.1, 0.15) is 12.8 Å². The Morgan fingerprint density at radius 3 is 3.00 bits per heavy atom. The minimum Gasteiger partial charge on any atom is -0.465 e. The topological polar surface area (TPSA) is 49.8 Å². The van der Waals surface area contributed by atoms with Gasteiger partial charge in [0.1, 0.15) is 0 Å². The first-order valence-electron chi connectivity index (χ1n) is 3.76. The summed E-state index contributed by atoms with van der Waals surface area (Å²) in [7, 11) is 1.56. The highest BCUT2D eigenvalue weighted by Gasteiger charge is 2.19. The summed E-state index contributed by atoms with van der Waals surface area (Å²) in [5.41, 5.74) is 0. The molecule has 1 atom stereocenters. The van der Waals surface area contributed by atoms with E-state index in [2.05, 4.69) is 0 Å². The third kappa shape index (κ3) is 2.38. The van der Waals surface area contributed by atoms with E-state index in [-0.39, 0.29) is 6.10 Å². The molecule has 1 rings (SSSR count). The first kappa shape index (κ1) is 8.33. The van der Waals surface area contributed by atoms with E-state index in [1.807, 2.05) is 0 Å². The molecule has 1 aliphatic heterocycles. The fourth-order valence-corrected chi connectivity index (χ4v) is 1.17. The van der Waals surface area contributed by atoms with Crippen molar-refractivity contribution in [2.45, 2.75) is 18.9 Å². The summed E-state index contributed by atoms with van der Waals surface area (Å²) >= 11 is 0. The van der Waals surface area contributed by atoms with Gasteiger partial charge in [-0.05, 0) is 12.8 Å². The number of nitrogens with zero attached hydrogens (tertiary/aromatic N) is 1.